The zero-order valence-electron chi connectivity index (χ0n) is 10.0. The van der Waals surface area contributed by atoms with Gasteiger partial charge in [-0.3, -0.25) is 0 Å². The lowest BCUT2D eigenvalue weighted by Gasteiger charge is -2.16. The Kier molecular flexibility index (Phi) is 5.43. The van der Waals surface area contributed by atoms with Crippen LogP contribution in [0.4, 0.5) is 4.39 Å². The van der Waals surface area contributed by atoms with Crippen LogP contribution < -0.4 is 0 Å². The molecule has 0 radical (unpaired) electrons. The largest absolute Gasteiger partial charge is 0.207 e. The minimum atomic E-state index is -0.203. The molecular weight excluding hydrogens is 394 g/mol. The number of hydrogen-bond acceptors (Lipinski definition) is 0. The maximum atomic E-state index is 13.3. The van der Waals surface area contributed by atoms with Gasteiger partial charge < -0.3 is 0 Å². The molecule has 0 amide bonds. The minimum absolute atomic E-state index is 0.203. The first-order valence-corrected chi connectivity index (χ1v) is 8.14. The van der Waals surface area contributed by atoms with E-state index in [1.165, 1.54) is 6.07 Å². The molecule has 0 N–H and O–H groups in total. The molecule has 19 heavy (non-hydrogen) atoms. The monoisotopic (exact) mass is 404 g/mol. The van der Waals surface area contributed by atoms with Gasteiger partial charge in [0.25, 0.3) is 0 Å². The fourth-order valence-electron chi connectivity index (χ4n) is 1.97. The Morgan fingerprint density at radius 1 is 1.16 bits per heavy atom. The summed E-state index contributed by atoms with van der Waals surface area (Å²) in [5.74, 6) is -0.000251. The zero-order chi connectivity index (χ0) is 13.8. The van der Waals surface area contributed by atoms with Crippen LogP contribution in [0.15, 0.2) is 46.9 Å². The molecule has 2 rings (SSSR count). The molecule has 0 nitrogen and oxygen atoms in total. The quantitative estimate of drug-likeness (QED) is 0.550. The summed E-state index contributed by atoms with van der Waals surface area (Å²) in [6.07, 6.45) is 0.779. The summed E-state index contributed by atoms with van der Waals surface area (Å²) in [5.41, 5.74) is 2.05. The van der Waals surface area contributed by atoms with Gasteiger partial charge in [-0.1, -0.05) is 61.7 Å². The highest BCUT2D eigenvalue weighted by Crippen LogP contribution is 2.29. The lowest BCUT2D eigenvalue weighted by atomic mass is 9.93. The molecule has 100 valence electrons. The molecular formula is C15H12Br2ClF. The smallest absolute Gasteiger partial charge is 0.123 e. The summed E-state index contributed by atoms with van der Waals surface area (Å²) in [7, 11) is 0. The van der Waals surface area contributed by atoms with Crippen LogP contribution in [0.25, 0.3) is 0 Å². The van der Waals surface area contributed by atoms with Crippen LogP contribution >= 0.6 is 43.5 Å². The maximum absolute atomic E-state index is 13.3. The highest BCUT2D eigenvalue weighted by atomic mass is 79.9. The van der Waals surface area contributed by atoms with Crippen molar-refractivity contribution >= 4 is 43.5 Å². The first kappa shape index (κ1) is 15.0. The van der Waals surface area contributed by atoms with Crippen LogP contribution in [0.5, 0.6) is 0 Å². The van der Waals surface area contributed by atoms with Gasteiger partial charge in [-0.25, -0.2) is 4.39 Å². The summed E-state index contributed by atoms with van der Waals surface area (Å²) in [6.45, 7) is 0. The van der Waals surface area contributed by atoms with E-state index < -0.39 is 0 Å². The van der Waals surface area contributed by atoms with Crippen LogP contribution in [-0.2, 0) is 6.42 Å². The third-order valence-electron chi connectivity index (χ3n) is 2.99. The molecule has 0 aliphatic carbocycles. The Morgan fingerprint density at radius 3 is 2.58 bits per heavy atom. The molecule has 0 saturated heterocycles. The Hall–Kier alpha value is -0.380. The first-order chi connectivity index (χ1) is 9.10. The van der Waals surface area contributed by atoms with Crippen molar-refractivity contribution in [2.24, 2.45) is 0 Å². The number of halogens is 4. The van der Waals surface area contributed by atoms with E-state index in [-0.39, 0.29) is 11.7 Å². The number of benzene rings is 2. The van der Waals surface area contributed by atoms with Crippen LogP contribution in [0.2, 0.25) is 5.02 Å². The number of hydrogen-bond donors (Lipinski definition) is 0. The van der Waals surface area contributed by atoms with Gasteiger partial charge in [0.1, 0.15) is 5.82 Å². The highest BCUT2D eigenvalue weighted by molar-refractivity contribution is 9.10. The van der Waals surface area contributed by atoms with Crippen molar-refractivity contribution in [2.45, 2.75) is 12.3 Å². The molecule has 0 fully saturated rings. The lowest BCUT2D eigenvalue weighted by Crippen LogP contribution is -2.05. The summed E-state index contributed by atoms with van der Waals surface area (Å²) in [6, 6.07) is 12.6. The van der Waals surface area contributed by atoms with Gasteiger partial charge in [-0.2, -0.15) is 0 Å². The van der Waals surface area contributed by atoms with E-state index in [0.717, 1.165) is 32.4 Å². The molecule has 1 unspecified atom stereocenters. The summed E-state index contributed by atoms with van der Waals surface area (Å²) >= 11 is 13.1. The molecule has 0 bridgehead atoms. The van der Waals surface area contributed by atoms with E-state index >= 15 is 0 Å². The third kappa shape index (κ3) is 4.04. The van der Waals surface area contributed by atoms with Gasteiger partial charge in [0.2, 0.25) is 0 Å². The van der Waals surface area contributed by atoms with Gasteiger partial charge >= 0.3 is 0 Å². The van der Waals surface area contributed by atoms with E-state index in [1.807, 2.05) is 24.3 Å². The lowest BCUT2D eigenvalue weighted by molar-refractivity contribution is 0.621. The van der Waals surface area contributed by atoms with Gasteiger partial charge in [0.15, 0.2) is 0 Å². The molecule has 4 heteroatoms. The molecule has 1 atom stereocenters. The second-order valence-corrected chi connectivity index (χ2v) is 6.32. The standard InChI is InChI=1S/C15H12Br2ClF/c16-9-12(10-2-1-3-14(19)7-10)6-11-4-5-13(17)8-15(11)18/h1-5,7-8,12H,6,9H2. The van der Waals surface area contributed by atoms with Crippen molar-refractivity contribution in [1.82, 2.24) is 0 Å². The van der Waals surface area contributed by atoms with E-state index in [9.17, 15) is 4.39 Å². The van der Waals surface area contributed by atoms with E-state index in [0.29, 0.717) is 0 Å². The van der Waals surface area contributed by atoms with Crippen molar-refractivity contribution < 1.29 is 4.39 Å². The fraction of sp³-hybridized carbons (Fsp3) is 0.200. The average Bonchev–Trinajstić information content (AvgIpc) is 2.38. The zero-order valence-corrected chi connectivity index (χ0v) is 14.0. The van der Waals surface area contributed by atoms with Crippen LogP contribution in [0.3, 0.4) is 0 Å². The summed E-state index contributed by atoms with van der Waals surface area (Å²) in [4.78, 5) is 0. The van der Waals surface area contributed by atoms with Gasteiger partial charge in [0.05, 0.1) is 0 Å². The normalized spacial score (nSPS) is 12.4. The Bertz CT molecular complexity index is 572. The van der Waals surface area contributed by atoms with Crippen LogP contribution in [0.1, 0.15) is 17.0 Å². The van der Waals surface area contributed by atoms with Crippen molar-refractivity contribution in [3.05, 3.63) is 68.9 Å². The second-order valence-electron chi connectivity index (χ2n) is 4.35. The second kappa shape index (κ2) is 6.87. The minimum Gasteiger partial charge on any atom is -0.207 e. The topological polar surface area (TPSA) is 0 Å². The first-order valence-electron chi connectivity index (χ1n) is 5.85. The molecule has 2 aromatic carbocycles. The fourth-order valence-corrected chi connectivity index (χ4v) is 3.33. The molecule has 0 heterocycles. The highest BCUT2D eigenvalue weighted by Gasteiger charge is 2.13. The SMILES string of the molecule is Fc1cccc(C(CBr)Cc2ccc(Br)cc2Cl)c1. The maximum Gasteiger partial charge on any atom is 0.123 e. The van der Waals surface area contributed by atoms with E-state index in [4.69, 9.17) is 11.6 Å². The Labute approximate surface area is 134 Å². The van der Waals surface area contributed by atoms with Crippen molar-refractivity contribution in [1.29, 1.82) is 0 Å². The Morgan fingerprint density at radius 2 is 1.95 bits per heavy atom. The van der Waals surface area contributed by atoms with E-state index in [1.54, 1.807) is 12.1 Å². The molecule has 0 spiro atoms. The van der Waals surface area contributed by atoms with Crippen molar-refractivity contribution in [3.8, 4) is 0 Å². The molecule has 2 aromatic rings. The predicted octanol–water partition coefficient (Wildman–Crippen LogP) is 5.96. The molecule has 0 aliphatic rings. The average molecular weight is 407 g/mol. The number of alkyl halides is 1. The van der Waals surface area contributed by atoms with Crippen molar-refractivity contribution in [3.63, 3.8) is 0 Å². The molecule has 0 saturated carbocycles. The summed E-state index contributed by atoms with van der Waals surface area (Å²) < 4.78 is 14.2. The number of rotatable bonds is 4. The van der Waals surface area contributed by atoms with E-state index in [2.05, 4.69) is 31.9 Å². The predicted molar refractivity (Wildman–Crippen MR) is 85.8 cm³/mol. The van der Waals surface area contributed by atoms with Gasteiger partial charge in [-0.15, -0.1) is 0 Å². The van der Waals surface area contributed by atoms with Gasteiger partial charge in [-0.05, 0) is 47.7 Å². The van der Waals surface area contributed by atoms with Gasteiger partial charge in [0, 0.05) is 14.8 Å². The Balaban J connectivity index is 2.24. The molecule has 0 aliphatic heterocycles. The molecule has 0 aromatic heterocycles. The van der Waals surface area contributed by atoms with Crippen LogP contribution in [-0.4, -0.2) is 5.33 Å². The van der Waals surface area contributed by atoms with Crippen molar-refractivity contribution in [2.75, 3.05) is 5.33 Å². The third-order valence-corrected chi connectivity index (χ3v) is 4.61. The van der Waals surface area contributed by atoms with Crippen LogP contribution in [0, 0.1) is 5.82 Å². The summed E-state index contributed by atoms with van der Waals surface area (Å²) in [5, 5.41) is 1.50.